The normalized spacial score (nSPS) is 14.4. The fraction of sp³-hybridized carbons (Fsp3) is 0.308. The Morgan fingerprint density at radius 3 is 2.57 bits per heavy atom. The molecule has 9 nitrogen and oxygen atoms in total. The predicted octanol–water partition coefficient (Wildman–Crippen LogP) is 2.62. The minimum absolute atomic E-state index is 0.137. The number of piperazine rings is 1. The molecule has 1 fully saturated rings. The van der Waals surface area contributed by atoms with Crippen molar-refractivity contribution in [1.29, 1.82) is 0 Å². The molecule has 0 atom stereocenters. The summed E-state index contributed by atoms with van der Waals surface area (Å²) in [7, 11) is 1.75. The SMILES string of the molecule is CCOC(=O)c1cnn(-c2cc(=O)n(C)c3ccccc23)c1CN1CCN(c2ccccn2)CC1. The minimum atomic E-state index is -0.408. The molecule has 0 saturated carbocycles. The van der Waals surface area contributed by atoms with Gasteiger partial charge in [0.2, 0.25) is 0 Å². The van der Waals surface area contributed by atoms with Gasteiger partial charge in [0.25, 0.3) is 5.56 Å². The Hall–Kier alpha value is -3.98. The van der Waals surface area contributed by atoms with E-state index >= 15 is 0 Å². The van der Waals surface area contributed by atoms with Crippen LogP contribution in [0.2, 0.25) is 0 Å². The predicted molar refractivity (Wildman–Crippen MR) is 134 cm³/mol. The molecule has 5 rings (SSSR count). The summed E-state index contributed by atoms with van der Waals surface area (Å²) < 4.78 is 8.66. The minimum Gasteiger partial charge on any atom is -0.462 e. The molecular formula is C26H28N6O3. The summed E-state index contributed by atoms with van der Waals surface area (Å²) in [6.07, 6.45) is 3.35. The van der Waals surface area contributed by atoms with E-state index in [1.54, 1.807) is 41.7 Å². The first-order valence-electron chi connectivity index (χ1n) is 11.8. The number of para-hydroxylation sites is 1. The highest BCUT2D eigenvalue weighted by Gasteiger charge is 2.25. The second-order valence-electron chi connectivity index (χ2n) is 8.53. The number of nitrogens with zero attached hydrogens (tertiary/aromatic N) is 6. The molecule has 1 aromatic carbocycles. The van der Waals surface area contributed by atoms with E-state index in [1.807, 2.05) is 42.5 Å². The molecule has 0 bridgehead atoms. The molecule has 1 aliphatic heterocycles. The van der Waals surface area contributed by atoms with Crippen LogP contribution in [0.15, 0.2) is 65.7 Å². The van der Waals surface area contributed by atoms with Crippen LogP contribution in [0.5, 0.6) is 0 Å². The molecule has 0 spiro atoms. The molecular weight excluding hydrogens is 444 g/mol. The maximum atomic E-state index is 12.8. The zero-order chi connectivity index (χ0) is 24.4. The van der Waals surface area contributed by atoms with Crippen molar-refractivity contribution in [3.8, 4) is 5.69 Å². The Labute approximate surface area is 203 Å². The van der Waals surface area contributed by atoms with Crippen LogP contribution >= 0.6 is 0 Å². The molecule has 3 aromatic heterocycles. The fourth-order valence-corrected chi connectivity index (χ4v) is 4.57. The van der Waals surface area contributed by atoms with Gasteiger partial charge in [-0.2, -0.15) is 5.10 Å². The van der Waals surface area contributed by atoms with Gasteiger partial charge in [-0.05, 0) is 25.1 Å². The number of ether oxygens (including phenoxy) is 1. The number of rotatable bonds is 6. The lowest BCUT2D eigenvalue weighted by Crippen LogP contribution is -2.46. The molecule has 4 aromatic rings. The van der Waals surface area contributed by atoms with Crippen molar-refractivity contribution in [3.63, 3.8) is 0 Å². The number of carbonyl (C=O) groups excluding carboxylic acids is 1. The molecule has 1 aliphatic rings. The molecule has 9 heteroatoms. The number of esters is 1. The first-order chi connectivity index (χ1) is 17.1. The summed E-state index contributed by atoms with van der Waals surface area (Å²) in [5.41, 5.74) is 2.46. The average molecular weight is 473 g/mol. The number of aryl methyl sites for hydroxylation is 1. The van der Waals surface area contributed by atoms with Gasteiger partial charge in [-0.3, -0.25) is 9.69 Å². The molecule has 0 amide bonds. The maximum absolute atomic E-state index is 12.8. The fourth-order valence-electron chi connectivity index (χ4n) is 4.57. The summed E-state index contributed by atoms with van der Waals surface area (Å²) in [5, 5.41) is 5.44. The zero-order valence-corrected chi connectivity index (χ0v) is 19.9. The first kappa shape index (κ1) is 22.8. The van der Waals surface area contributed by atoms with Crippen LogP contribution < -0.4 is 10.5 Å². The van der Waals surface area contributed by atoms with Gasteiger partial charge in [0.05, 0.1) is 29.7 Å². The quantitative estimate of drug-likeness (QED) is 0.399. The number of aromatic nitrogens is 4. The van der Waals surface area contributed by atoms with Gasteiger partial charge in [-0.25, -0.2) is 14.5 Å². The molecule has 35 heavy (non-hydrogen) atoms. The maximum Gasteiger partial charge on any atom is 0.341 e. The molecule has 4 heterocycles. The van der Waals surface area contributed by atoms with Gasteiger partial charge in [0.1, 0.15) is 11.4 Å². The highest BCUT2D eigenvalue weighted by atomic mass is 16.5. The second-order valence-corrected chi connectivity index (χ2v) is 8.53. The van der Waals surface area contributed by atoms with Gasteiger partial charge >= 0.3 is 5.97 Å². The molecule has 0 aliphatic carbocycles. The lowest BCUT2D eigenvalue weighted by Gasteiger charge is -2.35. The van der Waals surface area contributed by atoms with Crippen LogP contribution in [0.4, 0.5) is 5.82 Å². The van der Waals surface area contributed by atoms with E-state index in [2.05, 4.69) is 19.9 Å². The van der Waals surface area contributed by atoms with Crippen LogP contribution in [0.25, 0.3) is 16.6 Å². The van der Waals surface area contributed by atoms with Gasteiger partial charge in [0, 0.05) is 57.4 Å². The molecule has 0 N–H and O–H groups in total. The summed E-state index contributed by atoms with van der Waals surface area (Å²) in [4.78, 5) is 34.6. The highest BCUT2D eigenvalue weighted by molar-refractivity contribution is 5.92. The third-order valence-electron chi connectivity index (χ3n) is 6.44. The lowest BCUT2D eigenvalue weighted by atomic mass is 10.1. The van der Waals surface area contributed by atoms with Gasteiger partial charge in [-0.1, -0.05) is 24.3 Å². The summed E-state index contributed by atoms with van der Waals surface area (Å²) >= 11 is 0. The highest BCUT2D eigenvalue weighted by Crippen LogP contribution is 2.25. The summed E-state index contributed by atoms with van der Waals surface area (Å²) in [6, 6.07) is 15.2. The van der Waals surface area contributed by atoms with E-state index < -0.39 is 5.97 Å². The topological polar surface area (TPSA) is 85.5 Å². The van der Waals surface area contributed by atoms with E-state index in [4.69, 9.17) is 4.74 Å². The number of hydrogen-bond acceptors (Lipinski definition) is 7. The monoisotopic (exact) mass is 472 g/mol. The number of carbonyl (C=O) groups is 1. The lowest BCUT2D eigenvalue weighted by molar-refractivity contribution is 0.0523. The molecule has 0 unspecified atom stereocenters. The van der Waals surface area contributed by atoms with E-state index in [-0.39, 0.29) is 12.2 Å². The summed E-state index contributed by atoms with van der Waals surface area (Å²) in [6.45, 7) is 5.84. The van der Waals surface area contributed by atoms with Crippen LogP contribution in [-0.4, -0.2) is 63.0 Å². The van der Waals surface area contributed by atoms with Crippen molar-refractivity contribution >= 4 is 22.7 Å². The van der Waals surface area contributed by atoms with Crippen molar-refractivity contribution in [2.45, 2.75) is 13.5 Å². The van der Waals surface area contributed by atoms with Crippen molar-refractivity contribution in [2.24, 2.45) is 7.05 Å². The Bertz CT molecular complexity index is 1400. The number of benzene rings is 1. The Balaban J connectivity index is 1.50. The average Bonchev–Trinajstić information content (AvgIpc) is 3.30. The van der Waals surface area contributed by atoms with Gasteiger partial charge in [0.15, 0.2) is 0 Å². The summed E-state index contributed by atoms with van der Waals surface area (Å²) in [5.74, 6) is 0.560. The smallest absolute Gasteiger partial charge is 0.341 e. The zero-order valence-electron chi connectivity index (χ0n) is 19.9. The largest absolute Gasteiger partial charge is 0.462 e. The van der Waals surface area contributed by atoms with Crippen molar-refractivity contribution in [2.75, 3.05) is 37.7 Å². The van der Waals surface area contributed by atoms with Crippen molar-refractivity contribution in [1.82, 2.24) is 24.2 Å². The Morgan fingerprint density at radius 1 is 1.06 bits per heavy atom. The molecule has 0 radical (unpaired) electrons. The van der Waals surface area contributed by atoms with E-state index in [1.165, 1.54) is 0 Å². The van der Waals surface area contributed by atoms with Crippen LogP contribution in [0.1, 0.15) is 23.0 Å². The number of pyridine rings is 2. The van der Waals surface area contributed by atoms with Crippen LogP contribution in [0.3, 0.4) is 0 Å². The number of anilines is 1. The van der Waals surface area contributed by atoms with Gasteiger partial charge < -0.3 is 14.2 Å². The standard InChI is InChI=1S/C26H28N6O3/c1-3-35-26(34)20-17-28-32(22-16-25(33)29(2)21-9-5-4-8-19(21)22)23(20)18-30-12-14-31(15-13-30)24-10-6-7-11-27-24/h4-11,16-17H,3,12-15,18H2,1-2H3. The van der Waals surface area contributed by atoms with Crippen LogP contribution in [0, 0.1) is 0 Å². The van der Waals surface area contributed by atoms with Gasteiger partial charge in [-0.15, -0.1) is 0 Å². The van der Waals surface area contributed by atoms with Crippen molar-refractivity contribution in [3.05, 3.63) is 82.5 Å². The van der Waals surface area contributed by atoms with E-state index in [9.17, 15) is 9.59 Å². The number of hydrogen-bond donors (Lipinski definition) is 0. The Kier molecular flexibility index (Phi) is 6.33. The molecule has 180 valence electrons. The Morgan fingerprint density at radius 2 is 1.83 bits per heavy atom. The van der Waals surface area contributed by atoms with E-state index in [0.717, 1.165) is 42.9 Å². The van der Waals surface area contributed by atoms with Crippen molar-refractivity contribution < 1.29 is 9.53 Å². The second kappa shape index (κ2) is 9.71. The van der Waals surface area contributed by atoms with E-state index in [0.29, 0.717) is 23.5 Å². The number of fused-ring (bicyclic) bond motifs is 1. The third kappa shape index (κ3) is 4.42. The van der Waals surface area contributed by atoms with Crippen LogP contribution in [-0.2, 0) is 18.3 Å². The third-order valence-corrected chi connectivity index (χ3v) is 6.44. The first-order valence-corrected chi connectivity index (χ1v) is 11.8. The molecule has 1 saturated heterocycles.